The van der Waals surface area contributed by atoms with Crippen LogP contribution in [0.5, 0.6) is 5.75 Å². The molecule has 0 unspecified atom stereocenters. The van der Waals surface area contributed by atoms with Crippen LogP contribution in [0, 0.1) is 0 Å². The predicted molar refractivity (Wildman–Crippen MR) is 98.2 cm³/mol. The van der Waals surface area contributed by atoms with Crippen LogP contribution < -0.4 is 0 Å². The third-order valence-corrected chi connectivity index (χ3v) is 4.51. The van der Waals surface area contributed by atoms with Crippen molar-refractivity contribution in [2.75, 3.05) is 0 Å². The van der Waals surface area contributed by atoms with Crippen molar-refractivity contribution >= 4 is 32.7 Å². The van der Waals surface area contributed by atoms with E-state index in [2.05, 4.69) is 23.2 Å². The number of phenols is 1. The first kappa shape index (κ1) is 13.1. The molecular formula is C21H14N2O. The average molecular weight is 310 g/mol. The Balaban J connectivity index is 2.06. The van der Waals surface area contributed by atoms with E-state index < -0.39 is 0 Å². The zero-order valence-corrected chi connectivity index (χ0v) is 12.8. The highest BCUT2D eigenvalue weighted by atomic mass is 16.3. The number of aromatic hydroxyl groups is 1. The number of H-pyrrole nitrogens is 1. The Morgan fingerprint density at radius 1 is 0.750 bits per heavy atom. The van der Waals surface area contributed by atoms with Gasteiger partial charge in [-0.3, -0.25) is 0 Å². The highest BCUT2D eigenvalue weighted by Gasteiger charge is 2.16. The van der Waals surface area contributed by atoms with Crippen molar-refractivity contribution < 1.29 is 5.11 Å². The average Bonchev–Trinajstić information content (AvgIpc) is 3.01. The largest absolute Gasteiger partial charge is 0.507 e. The van der Waals surface area contributed by atoms with Crippen LogP contribution in [0.25, 0.3) is 44.0 Å². The Kier molecular flexibility index (Phi) is 2.65. The van der Waals surface area contributed by atoms with Gasteiger partial charge in [-0.25, -0.2) is 4.98 Å². The topological polar surface area (TPSA) is 48.9 Å². The Labute approximate surface area is 138 Å². The molecule has 0 aliphatic carbocycles. The van der Waals surface area contributed by atoms with Crippen molar-refractivity contribution in [1.82, 2.24) is 9.97 Å². The molecule has 0 saturated heterocycles. The van der Waals surface area contributed by atoms with E-state index in [9.17, 15) is 5.11 Å². The van der Waals surface area contributed by atoms with Gasteiger partial charge >= 0.3 is 0 Å². The molecule has 0 fully saturated rings. The molecule has 0 spiro atoms. The number of hydrogen-bond donors (Lipinski definition) is 2. The standard InChI is InChI=1S/C21H14N2O/c24-18-12-6-3-9-15(18)21-19-13-7-1-4-10-16(13)22-20(19)14-8-2-5-11-17(14)23-21/h1-12,22,24H. The van der Waals surface area contributed by atoms with Gasteiger partial charge in [0.05, 0.1) is 16.7 Å². The number of fused-ring (bicyclic) bond motifs is 5. The monoisotopic (exact) mass is 310 g/mol. The summed E-state index contributed by atoms with van der Waals surface area (Å²) in [5.74, 6) is 0.242. The molecule has 2 N–H and O–H groups in total. The first-order valence-corrected chi connectivity index (χ1v) is 7.90. The van der Waals surface area contributed by atoms with Gasteiger partial charge in [0.1, 0.15) is 5.75 Å². The number of pyridine rings is 1. The summed E-state index contributed by atoms with van der Waals surface area (Å²) in [4.78, 5) is 8.41. The second kappa shape index (κ2) is 4.83. The molecule has 0 atom stereocenters. The number of rotatable bonds is 1. The fraction of sp³-hybridized carbons (Fsp3) is 0. The molecule has 0 amide bonds. The van der Waals surface area contributed by atoms with E-state index in [4.69, 9.17) is 4.98 Å². The first-order chi connectivity index (χ1) is 11.8. The van der Waals surface area contributed by atoms with Gasteiger partial charge in [0.15, 0.2) is 0 Å². The molecule has 0 saturated carbocycles. The number of benzene rings is 3. The van der Waals surface area contributed by atoms with Crippen LogP contribution in [0.1, 0.15) is 0 Å². The van der Waals surface area contributed by atoms with Gasteiger partial charge in [-0.1, -0.05) is 48.5 Å². The summed E-state index contributed by atoms with van der Waals surface area (Å²) in [7, 11) is 0. The lowest BCUT2D eigenvalue weighted by Gasteiger charge is -2.08. The molecule has 0 aliphatic rings. The van der Waals surface area contributed by atoms with Gasteiger partial charge in [-0.15, -0.1) is 0 Å². The summed E-state index contributed by atoms with van der Waals surface area (Å²) < 4.78 is 0. The normalized spacial score (nSPS) is 11.5. The molecule has 5 aromatic rings. The molecule has 3 heteroatoms. The maximum Gasteiger partial charge on any atom is 0.124 e. The summed E-state index contributed by atoms with van der Waals surface area (Å²) in [5.41, 5.74) is 4.59. The number of nitrogens with zero attached hydrogens (tertiary/aromatic N) is 1. The quantitative estimate of drug-likeness (QED) is 0.445. The lowest BCUT2D eigenvalue weighted by Crippen LogP contribution is -1.88. The summed E-state index contributed by atoms with van der Waals surface area (Å²) in [6.45, 7) is 0. The minimum Gasteiger partial charge on any atom is -0.507 e. The number of aromatic amines is 1. The molecular weight excluding hydrogens is 296 g/mol. The van der Waals surface area contributed by atoms with Crippen LogP contribution in [0.2, 0.25) is 0 Å². The van der Waals surface area contributed by atoms with E-state index in [1.54, 1.807) is 6.07 Å². The van der Waals surface area contributed by atoms with Crippen LogP contribution in [0.4, 0.5) is 0 Å². The molecule has 2 heterocycles. The minimum absolute atomic E-state index is 0.242. The molecule has 114 valence electrons. The van der Waals surface area contributed by atoms with E-state index in [1.807, 2.05) is 48.5 Å². The fourth-order valence-corrected chi connectivity index (χ4v) is 3.42. The summed E-state index contributed by atoms with van der Waals surface area (Å²) in [5, 5.41) is 13.6. The SMILES string of the molecule is Oc1ccccc1-c1nc2ccccc2c2[nH]c3ccccc3c12. The third kappa shape index (κ3) is 1.75. The molecule has 0 radical (unpaired) electrons. The smallest absolute Gasteiger partial charge is 0.124 e. The maximum absolute atomic E-state index is 10.4. The van der Waals surface area contributed by atoms with Gasteiger partial charge in [-0.05, 0) is 24.3 Å². The van der Waals surface area contributed by atoms with Gasteiger partial charge in [0.25, 0.3) is 0 Å². The Bertz CT molecular complexity index is 1220. The van der Waals surface area contributed by atoms with Gasteiger partial charge in [0, 0.05) is 27.2 Å². The molecule has 0 aliphatic heterocycles. The molecule has 0 bridgehead atoms. The predicted octanol–water partition coefficient (Wildman–Crippen LogP) is 5.24. The third-order valence-electron chi connectivity index (χ3n) is 4.51. The summed E-state index contributed by atoms with van der Waals surface area (Å²) >= 11 is 0. The molecule has 5 rings (SSSR count). The highest BCUT2D eigenvalue weighted by molar-refractivity contribution is 6.21. The van der Waals surface area contributed by atoms with Crippen molar-refractivity contribution in [2.24, 2.45) is 0 Å². The van der Waals surface area contributed by atoms with Crippen LogP contribution in [-0.2, 0) is 0 Å². The number of aromatic nitrogens is 2. The Morgan fingerprint density at radius 2 is 1.46 bits per heavy atom. The number of hydrogen-bond acceptors (Lipinski definition) is 2. The maximum atomic E-state index is 10.4. The number of nitrogens with one attached hydrogen (secondary N) is 1. The number of para-hydroxylation sites is 3. The zero-order valence-electron chi connectivity index (χ0n) is 12.8. The minimum atomic E-state index is 0.242. The van der Waals surface area contributed by atoms with E-state index >= 15 is 0 Å². The molecule has 3 aromatic carbocycles. The van der Waals surface area contributed by atoms with Crippen molar-refractivity contribution in [2.45, 2.75) is 0 Å². The second-order valence-electron chi connectivity index (χ2n) is 5.92. The van der Waals surface area contributed by atoms with Crippen molar-refractivity contribution in [3.8, 4) is 17.0 Å². The molecule has 3 nitrogen and oxygen atoms in total. The molecule has 24 heavy (non-hydrogen) atoms. The van der Waals surface area contributed by atoms with Crippen LogP contribution in [0.15, 0.2) is 72.8 Å². The van der Waals surface area contributed by atoms with Gasteiger partial charge in [-0.2, -0.15) is 0 Å². The Hall–Kier alpha value is -3.33. The van der Waals surface area contributed by atoms with E-state index in [0.717, 1.165) is 44.0 Å². The van der Waals surface area contributed by atoms with Crippen molar-refractivity contribution in [3.05, 3.63) is 72.8 Å². The lowest BCUT2D eigenvalue weighted by molar-refractivity contribution is 0.477. The van der Waals surface area contributed by atoms with E-state index in [-0.39, 0.29) is 5.75 Å². The van der Waals surface area contributed by atoms with Crippen LogP contribution in [0.3, 0.4) is 0 Å². The van der Waals surface area contributed by atoms with Crippen molar-refractivity contribution in [1.29, 1.82) is 0 Å². The van der Waals surface area contributed by atoms with Crippen LogP contribution >= 0.6 is 0 Å². The van der Waals surface area contributed by atoms with Gasteiger partial charge in [0.2, 0.25) is 0 Å². The first-order valence-electron chi connectivity index (χ1n) is 7.90. The van der Waals surface area contributed by atoms with Gasteiger partial charge < -0.3 is 10.1 Å². The second-order valence-corrected chi connectivity index (χ2v) is 5.92. The summed E-state index contributed by atoms with van der Waals surface area (Å²) in [6.07, 6.45) is 0. The lowest BCUT2D eigenvalue weighted by atomic mass is 10.0. The number of phenolic OH excluding ortho intramolecular Hbond substituents is 1. The summed E-state index contributed by atoms with van der Waals surface area (Å²) in [6, 6.07) is 23.7. The Morgan fingerprint density at radius 3 is 2.33 bits per heavy atom. The van der Waals surface area contributed by atoms with E-state index in [0.29, 0.717) is 0 Å². The molecule has 2 aromatic heterocycles. The van der Waals surface area contributed by atoms with E-state index in [1.165, 1.54) is 0 Å². The zero-order chi connectivity index (χ0) is 16.1. The van der Waals surface area contributed by atoms with Crippen LogP contribution in [-0.4, -0.2) is 15.1 Å². The van der Waals surface area contributed by atoms with Crippen molar-refractivity contribution in [3.63, 3.8) is 0 Å². The highest BCUT2D eigenvalue weighted by Crippen LogP contribution is 2.39. The fourth-order valence-electron chi connectivity index (χ4n) is 3.42.